The highest BCUT2D eigenvalue weighted by atomic mass is 16.6. The van der Waals surface area contributed by atoms with E-state index < -0.39 is 4.92 Å². The van der Waals surface area contributed by atoms with Gasteiger partial charge < -0.3 is 10.1 Å². The molecular formula is C13H14N4O3. The highest BCUT2D eigenvalue weighted by molar-refractivity contribution is 5.48. The molecule has 0 fully saturated rings. The molecule has 104 valence electrons. The summed E-state index contributed by atoms with van der Waals surface area (Å²) in [6.45, 7) is 2.28. The molecule has 0 spiro atoms. The molecule has 2 aromatic rings. The Bertz CT molecular complexity index is 631. The second-order valence-electron chi connectivity index (χ2n) is 4.14. The quantitative estimate of drug-likeness (QED) is 0.664. The van der Waals surface area contributed by atoms with Gasteiger partial charge in [-0.2, -0.15) is 0 Å². The summed E-state index contributed by atoms with van der Waals surface area (Å²) in [6, 6.07) is 6.46. The van der Waals surface area contributed by atoms with Crippen LogP contribution >= 0.6 is 0 Å². The van der Waals surface area contributed by atoms with Crippen LogP contribution < -0.4 is 10.1 Å². The minimum atomic E-state index is -0.414. The van der Waals surface area contributed by atoms with Crippen LogP contribution in [0.3, 0.4) is 0 Å². The third-order valence-corrected chi connectivity index (χ3v) is 2.81. The Morgan fingerprint density at radius 2 is 2.20 bits per heavy atom. The number of non-ortho nitro benzene ring substituents is 1. The summed E-state index contributed by atoms with van der Waals surface area (Å²) in [4.78, 5) is 18.4. The highest BCUT2D eigenvalue weighted by Gasteiger charge is 2.08. The molecule has 0 amide bonds. The van der Waals surface area contributed by atoms with Gasteiger partial charge in [0, 0.05) is 18.7 Å². The van der Waals surface area contributed by atoms with Crippen LogP contribution in [0.1, 0.15) is 11.1 Å². The minimum absolute atomic E-state index is 0.0706. The van der Waals surface area contributed by atoms with Crippen LogP contribution in [0, 0.1) is 17.0 Å². The van der Waals surface area contributed by atoms with Gasteiger partial charge in [-0.1, -0.05) is 12.1 Å². The lowest BCUT2D eigenvalue weighted by atomic mass is 10.2. The van der Waals surface area contributed by atoms with Gasteiger partial charge in [0.2, 0.25) is 5.88 Å². The molecule has 0 aliphatic rings. The molecule has 0 atom stereocenters. The molecule has 20 heavy (non-hydrogen) atoms. The van der Waals surface area contributed by atoms with E-state index in [1.54, 1.807) is 13.2 Å². The second kappa shape index (κ2) is 5.96. The van der Waals surface area contributed by atoms with Crippen molar-refractivity contribution in [2.24, 2.45) is 0 Å². The number of benzene rings is 1. The maximum Gasteiger partial charge on any atom is 0.269 e. The lowest BCUT2D eigenvalue weighted by molar-refractivity contribution is -0.384. The number of hydrogen-bond acceptors (Lipinski definition) is 6. The third kappa shape index (κ3) is 3.00. The molecule has 0 unspecified atom stereocenters. The predicted octanol–water partition coefficient (Wildman–Crippen LogP) is 2.31. The van der Waals surface area contributed by atoms with E-state index in [4.69, 9.17) is 4.74 Å². The van der Waals surface area contributed by atoms with E-state index in [1.807, 2.05) is 13.0 Å². The monoisotopic (exact) mass is 274 g/mol. The Kier molecular flexibility index (Phi) is 4.09. The standard InChI is InChI=1S/C13H14N4O3/c1-9-12(15-8-16-13(9)20-2)14-7-10-4-3-5-11(6-10)17(18)19/h3-6,8H,7H2,1-2H3,(H,14,15,16). The van der Waals surface area contributed by atoms with Gasteiger partial charge in [-0.05, 0) is 12.5 Å². The van der Waals surface area contributed by atoms with Gasteiger partial charge in [0.1, 0.15) is 12.1 Å². The van der Waals surface area contributed by atoms with E-state index in [2.05, 4.69) is 15.3 Å². The van der Waals surface area contributed by atoms with Gasteiger partial charge in [-0.25, -0.2) is 9.97 Å². The summed E-state index contributed by atoms with van der Waals surface area (Å²) in [5.74, 6) is 1.14. The van der Waals surface area contributed by atoms with E-state index in [0.717, 1.165) is 11.1 Å². The number of ether oxygens (including phenoxy) is 1. The van der Waals surface area contributed by atoms with Gasteiger partial charge in [-0.3, -0.25) is 10.1 Å². The number of hydrogen-bond donors (Lipinski definition) is 1. The van der Waals surface area contributed by atoms with Gasteiger partial charge in [-0.15, -0.1) is 0 Å². The smallest absolute Gasteiger partial charge is 0.269 e. The average molecular weight is 274 g/mol. The van der Waals surface area contributed by atoms with E-state index in [1.165, 1.54) is 18.5 Å². The second-order valence-corrected chi connectivity index (χ2v) is 4.14. The number of methoxy groups -OCH3 is 1. The Morgan fingerprint density at radius 3 is 2.90 bits per heavy atom. The van der Waals surface area contributed by atoms with Gasteiger partial charge in [0.05, 0.1) is 17.6 Å². The number of rotatable bonds is 5. The number of aromatic nitrogens is 2. The Hall–Kier alpha value is -2.70. The molecule has 1 aromatic heterocycles. The normalized spacial score (nSPS) is 10.1. The molecule has 1 heterocycles. The molecule has 0 bridgehead atoms. The maximum absolute atomic E-state index is 10.7. The first kappa shape index (κ1) is 13.7. The fourth-order valence-electron chi connectivity index (χ4n) is 1.78. The van der Waals surface area contributed by atoms with Crippen molar-refractivity contribution >= 4 is 11.5 Å². The maximum atomic E-state index is 10.7. The molecule has 7 heteroatoms. The van der Waals surface area contributed by atoms with E-state index in [0.29, 0.717) is 18.2 Å². The Balaban J connectivity index is 2.13. The van der Waals surface area contributed by atoms with Crippen molar-refractivity contribution in [1.82, 2.24) is 9.97 Å². The fourth-order valence-corrected chi connectivity index (χ4v) is 1.78. The molecule has 2 rings (SSSR count). The van der Waals surface area contributed by atoms with Crippen molar-refractivity contribution in [3.05, 3.63) is 51.8 Å². The molecule has 0 saturated heterocycles. The lowest BCUT2D eigenvalue weighted by Crippen LogP contribution is -2.05. The van der Waals surface area contributed by atoms with Crippen LogP contribution in [0.4, 0.5) is 11.5 Å². The molecule has 1 aromatic carbocycles. The minimum Gasteiger partial charge on any atom is -0.481 e. The van der Waals surface area contributed by atoms with Gasteiger partial charge in [0.25, 0.3) is 5.69 Å². The summed E-state index contributed by atoms with van der Waals surface area (Å²) in [7, 11) is 1.54. The summed E-state index contributed by atoms with van der Waals surface area (Å²) in [5.41, 5.74) is 1.66. The van der Waals surface area contributed by atoms with Gasteiger partial charge in [0.15, 0.2) is 0 Å². The topological polar surface area (TPSA) is 90.2 Å². The van der Waals surface area contributed by atoms with E-state index in [-0.39, 0.29) is 5.69 Å². The first-order valence-electron chi connectivity index (χ1n) is 5.94. The van der Waals surface area contributed by atoms with E-state index in [9.17, 15) is 10.1 Å². The van der Waals surface area contributed by atoms with Crippen molar-refractivity contribution < 1.29 is 9.66 Å². The summed E-state index contributed by atoms with van der Waals surface area (Å²) < 4.78 is 5.11. The van der Waals surface area contributed by atoms with Crippen molar-refractivity contribution in [2.45, 2.75) is 13.5 Å². The average Bonchev–Trinajstić information content (AvgIpc) is 2.46. The van der Waals surface area contributed by atoms with Crippen LogP contribution in [0.5, 0.6) is 5.88 Å². The first-order chi connectivity index (χ1) is 9.61. The molecule has 1 N–H and O–H groups in total. The zero-order valence-electron chi connectivity index (χ0n) is 11.2. The van der Waals surface area contributed by atoms with Crippen molar-refractivity contribution in [1.29, 1.82) is 0 Å². The number of nitro groups is 1. The van der Waals surface area contributed by atoms with Crippen molar-refractivity contribution in [3.8, 4) is 5.88 Å². The summed E-state index contributed by atoms with van der Waals surface area (Å²) in [5, 5.41) is 13.8. The van der Waals surface area contributed by atoms with Crippen molar-refractivity contribution in [3.63, 3.8) is 0 Å². The zero-order chi connectivity index (χ0) is 14.5. The summed E-state index contributed by atoms with van der Waals surface area (Å²) >= 11 is 0. The first-order valence-corrected chi connectivity index (χ1v) is 5.94. The Labute approximate surface area is 115 Å². The van der Waals surface area contributed by atoms with Crippen LogP contribution in [0.25, 0.3) is 0 Å². The van der Waals surface area contributed by atoms with E-state index >= 15 is 0 Å². The number of nitrogens with zero attached hydrogens (tertiary/aromatic N) is 3. The number of nitro benzene ring substituents is 1. The summed E-state index contributed by atoms with van der Waals surface area (Å²) in [6.07, 6.45) is 1.40. The van der Waals surface area contributed by atoms with Crippen LogP contribution in [0.15, 0.2) is 30.6 Å². The molecule has 0 saturated carbocycles. The largest absolute Gasteiger partial charge is 0.481 e. The zero-order valence-corrected chi connectivity index (χ0v) is 11.2. The molecule has 0 radical (unpaired) electrons. The third-order valence-electron chi connectivity index (χ3n) is 2.81. The SMILES string of the molecule is COc1ncnc(NCc2cccc([N+](=O)[O-])c2)c1C. The van der Waals surface area contributed by atoms with Crippen LogP contribution in [0.2, 0.25) is 0 Å². The predicted molar refractivity (Wildman–Crippen MR) is 73.7 cm³/mol. The van der Waals surface area contributed by atoms with Gasteiger partial charge >= 0.3 is 0 Å². The van der Waals surface area contributed by atoms with Crippen LogP contribution in [-0.4, -0.2) is 22.0 Å². The lowest BCUT2D eigenvalue weighted by Gasteiger charge is -2.10. The molecular weight excluding hydrogens is 260 g/mol. The fraction of sp³-hybridized carbons (Fsp3) is 0.231. The van der Waals surface area contributed by atoms with Crippen molar-refractivity contribution in [2.75, 3.05) is 12.4 Å². The number of anilines is 1. The number of nitrogens with one attached hydrogen (secondary N) is 1. The Morgan fingerprint density at radius 1 is 1.40 bits per heavy atom. The molecule has 0 aliphatic carbocycles. The molecule has 0 aliphatic heterocycles. The highest BCUT2D eigenvalue weighted by Crippen LogP contribution is 2.21. The van der Waals surface area contributed by atoms with Crippen LogP contribution in [-0.2, 0) is 6.54 Å². The molecule has 7 nitrogen and oxygen atoms in total.